The Morgan fingerprint density at radius 2 is 1.95 bits per heavy atom. The lowest BCUT2D eigenvalue weighted by Crippen LogP contribution is -2.45. The zero-order valence-electron chi connectivity index (χ0n) is 20.8. The highest BCUT2D eigenvalue weighted by atomic mass is 19.1. The van der Waals surface area contributed by atoms with Gasteiger partial charge in [-0.25, -0.2) is 14.4 Å². The first-order valence-corrected chi connectivity index (χ1v) is 12.1. The van der Waals surface area contributed by atoms with Crippen molar-refractivity contribution in [2.45, 2.75) is 18.4 Å². The number of amides is 1. The van der Waals surface area contributed by atoms with Gasteiger partial charge < -0.3 is 25.0 Å². The van der Waals surface area contributed by atoms with Crippen LogP contribution in [0.5, 0.6) is 11.5 Å². The Morgan fingerprint density at radius 3 is 2.63 bits per heavy atom. The maximum absolute atomic E-state index is 15.2. The van der Waals surface area contributed by atoms with E-state index in [2.05, 4.69) is 28.4 Å². The van der Waals surface area contributed by atoms with Crippen molar-refractivity contribution >= 4 is 22.8 Å². The second-order valence-corrected chi connectivity index (χ2v) is 9.11. The minimum atomic E-state index is -1.29. The highest BCUT2D eigenvalue weighted by Gasteiger charge is 2.32. The van der Waals surface area contributed by atoms with Gasteiger partial charge in [0.1, 0.15) is 34.8 Å². The molecular formula is C29H26FN5O3. The molecule has 0 radical (unpaired) electrons. The number of para-hydroxylation sites is 1. The predicted molar refractivity (Wildman–Crippen MR) is 143 cm³/mol. The molecule has 9 heteroatoms. The molecule has 1 saturated heterocycles. The number of aromatic nitrogens is 3. The standard InChI is InChI=1S/C29H26FN5O3/c1-3-24(36)35-15-13-29(37,14-16-35)12-11-22-25(26-27(31)32-18-33-28(26)34(22)2)19-9-10-23(21(30)17-19)38-20-7-5-4-6-8-20/h3-10,17-18,37H,1,13-16H2,2H3,(H2,31,32,33). The molecule has 5 rings (SSSR count). The molecule has 0 saturated carbocycles. The molecule has 2 aromatic heterocycles. The molecule has 0 bridgehead atoms. The van der Waals surface area contributed by atoms with Crippen LogP contribution in [-0.2, 0) is 11.8 Å². The number of carbonyl (C=O) groups is 1. The number of nitrogens with two attached hydrogens (primary N) is 1. The SMILES string of the molecule is C=CC(=O)N1CCC(O)(C#Cc2c(-c3ccc(Oc4ccccc4)c(F)c3)c3c(N)ncnc3n2C)CC1. The summed E-state index contributed by atoms with van der Waals surface area (Å²) >= 11 is 0. The van der Waals surface area contributed by atoms with Gasteiger partial charge in [-0.2, -0.15) is 0 Å². The number of benzene rings is 2. The van der Waals surface area contributed by atoms with Crippen LogP contribution in [0.15, 0.2) is 67.5 Å². The number of aryl methyl sites for hydroxylation is 1. The van der Waals surface area contributed by atoms with Crippen molar-refractivity contribution < 1.29 is 19.0 Å². The number of fused-ring (bicyclic) bond motifs is 1. The van der Waals surface area contributed by atoms with E-state index in [1.165, 1.54) is 18.5 Å². The van der Waals surface area contributed by atoms with Gasteiger partial charge in [-0.05, 0) is 41.8 Å². The van der Waals surface area contributed by atoms with Crippen LogP contribution in [0.3, 0.4) is 0 Å². The molecule has 8 nitrogen and oxygen atoms in total. The van der Waals surface area contributed by atoms with Crippen molar-refractivity contribution in [3.05, 3.63) is 79.0 Å². The zero-order chi connectivity index (χ0) is 26.9. The van der Waals surface area contributed by atoms with E-state index in [1.54, 1.807) is 52.9 Å². The van der Waals surface area contributed by atoms with E-state index in [4.69, 9.17) is 10.5 Å². The van der Waals surface area contributed by atoms with Gasteiger partial charge in [0.2, 0.25) is 5.91 Å². The first-order valence-electron chi connectivity index (χ1n) is 12.1. The summed E-state index contributed by atoms with van der Waals surface area (Å²) in [6.45, 7) is 4.25. The summed E-state index contributed by atoms with van der Waals surface area (Å²) in [4.78, 5) is 22.0. The average molecular weight is 512 g/mol. The summed E-state index contributed by atoms with van der Waals surface area (Å²) in [6, 6.07) is 13.6. The van der Waals surface area contributed by atoms with E-state index in [-0.39, 0.29) is 17.5 Å². The third-order valence-electron chi connectivity index (χ3n) is 6.68. The van der Waals surface area contributed by atoms with E-state index >= 15 is 4.39 Å². The van der Waals surface area contributed by atoms with Crippen LogP contribution in [0.4, 0.5) is 10.2 Å². The Bertz CT molecular complexity index is 1600. The molecule has 0 atom stereocenters. The number of nitrogens with zero attached hydrogens (tertiary/aromatic N) is 4. The van der Waals surface area contributed by atoms with E-state index in [1.807, 2.05) is 6.07 Å². The van der Waals surface area contributed by atoms with E-state index in [9.17, 15) is 9.90 Å². The molecule has 38 heavy (non-hydrogen) atoms. The highest BCUT2D eigenvalue weighted by molar-refractivity contribution is 6.03. The van der Waals surface area contributed by atoms with Gasteiger partial charge in [-0.3, -0.25) is 4.79 Å². The van der Waals surface area contributed by atoms with Crippen LogP contribution in [0.1, 0.15) is 18.5 Å². The first kappa shape index (κ1) is 25.0. The quantitative estimate of drug-likeness (QED) is 0.316. The summed E-state index contributed by atoms with van der Waals surface area (Å²) in [5.74, 6) is 6.19. The van der Waals surface area contributed by atoms with Gasteiger partial charge in [0.05, 0.1) is 5.39 Å². The molecule has 3 heterocycles. The largest absolute Gasteiger partial charge is 0.454 e. The minimum Gasteiger partial charge on any atom is -0.454 e. The Kier molecular flexibility index (Phi) is 6.57. The Hall–Kier alpha value is -4.68. The summed E-state index contributed by atoms with van der Waals surface area (Å²) in [5.41, 5.74) is 7.05. The molecule has 0 unspecified atom stereocenters. The van der Waals surface area contributed by atoms with E-state index in [0.717, 1.165) is 0 Å². The molecule has 0 aliphatic carbocycles. The fourth-order valence-corrected chi connectivity index (χ4v) is 4.58. The molecule has 192 valence electrons. The number of likely N-dealkylation sites (tertiary alicyclic amines) is 1. The van der Waals surface area contributed by atoms with Crippen LogP contribution in [0, 0.1) is 17.7 Å². The van der Waals surface area contributed by atoms with Crippen molar-refractivity contribution in [2.75, 3.05) is 18.8 Å². The maximum atomic E-state index is 15.2. The lowest BCUT2D eigenvalue weighted by molar-refractivity contribution is -0.128. The van der Waals surface area contributed by atoms with Crippen LogP contribution in [-0.4, -0.2) is 49.1 Å². The van der Waals surface area contributed by atoms with E-state index in [0.29, 0.717) is 59.5 Å². The molecule has 1 amide bonds. The number of rotatable bonds is 4. The van der Waals surface area contributed by atoms with Gasteiger partial charge in [0.25, 0.3) is 0 Å². The number of hydrogen-bond donors (Lipinski definition) is 2. The predicted octanol–water partition coefficient (Wildman–Crippen LogP) is 4.04. The van der Waals surface area contributed by atoms with Gasteiger partial charge >= 0.3 is 0 Å². The monoisotopic (exact) mass is 511 g/mol. The smallest absolute Gasteiger partial charge is 0.245 e. The molecule has 1 aliphatic rings. The zero-order valence-corrected chi connectivity index (χ0v) is 20.8. The summed E-state index contributed by atoms with van der Waals surface area (Å²) < 4.78 is 22.7. The number of carbonyl (C=O) groups excluding carboxylic acids is 1. The molecule has 1 fully saturated rings. The van der Waals surface area contributed by atoms with Crippen LogP contribution < -0.4 is 10.5 Å². The molecule has 2 aromatic carbocycles. The van der Waals surface area contributed by atoms with Gasteiger partial charge in [0.15, 0.2) is 11.6 Å². The topological polar surface area (TPSA) is 106 Å². The fourth-order valence-electron chi connectivity index (χ4n) is 4.58. The van der Waals surface area contributed by atoms with Crippen LogP contribution in [0.25, 0.3) is 22.2 Å². The van der Waals surface area contributed by atoms with Crippen LogP contribution >= 0.6 is 0 Å². The number of anilines is 1. The fraction of sp³-hybridized carbons (Fsp3) is 0.207. The third kappa shape index (κ3) is 4.69. The highest BCUT2D eigenvalue weighted by Crippen LogP contribution is 2.38. The Labute approximate surface area is 219 Å². The molecule has 0 spiro atoms. The second-order valence-electron chi connectivity index (χ2n) is 9.11. The van der Waals surface area contributed by atoms with E-state index < -0.39 is 11.4 Å². The average Bonchev–Trinajstić information content (AvgIpc) is 3.22. The normalized spacial score (nSPS) is 14.6. The lowest BCUT2D eigenvalue weighted by Gasteiger charge is -2.34. The number of halogens is 1. The van der Waals surface area contributed by atoms with Crippen molar-refractivity contribution in [2.24, 2.45) is 7.05 Å². The number of piperidine rings is 1. The van der Waals surface area contributed by atoms with Gasteiger partial charge in [0, 0.05) is 38.5 Å². The van der Waals surface area contributed by atoms with Crippen molar-refractivity contribution in [1.29, 1.82) is 0 Å². The third-order valence-corrected chi connectivity index (χ3v) is 6.68. The Morgan fingerprint density at radius 1 is 1.21 bits per heavy atom. The maximum Gasteiger partial charge on any atom is 0.245 e. The van der Waals surface area contributed by atoms with Crippen LogP contribution in [0.2, 0.25) is 0 Å². The summed E-state index contributed by atoms with van der Waals surface area (Å²) in [5, 5.41) is 11.7. The molecule has 1 aliphatic heterocycles. The first-order chi connectivity index (χ1) is 18.3. The number of aliphatic hydroxyl groups is 1. The van der Waals surface area contributed by atoms with Crippen molar-refractivity contribution in [3.8, 4) is 34.5 Å². The van der Waals surface area contributed by atoms with Crippen molar-refractivity contribution in [1.82, 2.24) is 19.4 Å². The van der Waals surface area contributed by atoms with Gasteiger partial charge in [-0.1, -0.05) is 36.8 Å². The molecular weight excluding hydrogens is 485 g/mol. The van der Waals surface area contributed by atoms with Crippen molar-refractivity contribution in [3.63, 3.8) is 0 Å². The minimum absolute atomic E-state index is 0.0761. The second kappa shape index (κ2) is 10.00. The number of nitrogen functional groups attached to an aromatic ring is 1. The number of hydrogen-bond acceptors (Lipinski definition) is 6. The molecule has 4 aromatic rings. The molecule has 3 N–H and O–H groups in total. The number of ether oxygens (including phenoxy) is 1. The lowest BCUT2D eigenvalue weighted by atomic mass is 9.91. The Balaban J connectivity index is 1.55. The summed E-state index contributed by atoms with van der Waals surface area (Å²) in [6.07, 6.45) is 3.20. The summed E-state index contributed by atoms with van der Waals surface area (Å²) in [7, 11) is 1.78. The van der Waals surface area contributed by atoms with Gasteiger partial charge in [-0.15, -0.1) is 0 Å².